The molecule has 164 valence electrons. The highest BCUT2D eigenvalue weighted by molar-refractivity contribution is 5.78. The molecule has 0 spiro atoms. The number of aliphatic hydroxyl groups is 1. The monoisotopic (exact) mass is 422 g/mol. The number of ether oxygens (including phenoxy) is 2. The van der Waals surface area contributed by atoms with E-state index in [-0.39, 0.29) is 12.5 Å². The van der Waals surface area contributed by atoms with Gasteiger partial charge in [-0.25, -0.2) is 0 Å². The fourth-order valence-corrected chi connectivity index (χ4v) is 3.55. The van der Waals surface area contributed by atoms with Crippen LogP contribution in [-0.4, -0.2) is 55.4 Å². The van der Waals surface area contributed by atoms with Gasteiger partial charge in [0.15, 0.2) is 0 Å². The summed E-state index contributed by atoms with van der Waals surface area (Å²) in [6.07, 6.45) is 0.436. The number of methoxy groups -OCH3 is 1. The molecule has 3 rings (SSSR count). The van der Waals surface area contributed by atoms with Gasteiger partial charge in [0.25, 0.3) is 0 Å². The highest BCUT2D eigenvalue weighted by Gasteiger charge is 2.24. The first-order chi connectivity index (χ1) is 15.1. The van der Waals surface area contributed by atoms with Crippen LogP contribution in [0.15, 0.2) is 48.5 Å². The number of nitrogens with zero attached hydrogens (tertiary/aromatic N) is 2. The fourth-order valence-electron chi connectivity index (χ4n) is 3.55. The molecule has 1 atom stereocenters. The number of hydrogen-bond donors (Lipinski definition) is 1. The number of para-hydroxylation sites is 1. The fraction of sp³-hybridized carbons (Fsp3) is 0.400. The minimum atomic E-state index is -0.698. The molecule has 0 saturated carbocycles. The number of amides is 1. The quantitative estimate of drug-likeness (QED) is 0.695. The summed E-state index contributed by atoms with van der Waals surface area (Å²) in [5.41, 5.74) is 1.96. The summed E-state index contributed by atoms with van der Waals surface area (Å²) in [5.74, 6) is 7.62. The third-order valence-electron chi connectivity index (χ3n) is 5.13. The highest BCUT2D eigenvalue weighted by Crippen LogP contribution is 2.29. The van der Waals surface area contributed by atoms with Gasteiger partial charge in [-0.3, -0.25) is 4.79 Å². The van der Waals surface area contributed by atoms with Crippen molar-refractivity contribution in [1.29, 1.82) is 0 Å². The van der Waals surface area contributed by atoms with Crippen LogP contribution in [-0.2, 0) is 11.3 Å². The van der Waals surface area contributed by atoms with Crippen LogP contribution in [0.3, 0.4) is 0 Å². The smallest absolute Gasteiger partial charge is 0.225 e. The van der Waals surface area contributed by atoms with Crippen molar-refractivity contribution in [2.75, 3.05) is 38.3 Å². The van der Waals surface area contributed by atoms with Gasteiger partial charge in [-0.05, 0) is 35.9 Å². The van der Waals surface area contributed by atoms with Gasteiger partial charge in [-0.1, -0.05) is 31.0 Å². The molecule has 1 amide bonds. The highest BCUT2D eigenvalue weighted by atomic mass is 16.5. The third kappa shape index (κ3) is 6.40. The molecule has 0 aliphatic carbocycles. The van der Waals surface area contributed by atoms with E-state index < -0.39 is 6.10 Å². The van der Waals surface area contributed by atoms with Crippen molar-refractivity contribution < 1.29 is 19.4 Å². The number of β-amino-alcohol motifs (C(OH)–C–C–N with tert-alkyl or cyclic N) is 1. The number of anilines is 1. The number of carbonyl (C=O) groups excluding carboxylic acids is 1. The Morgan fingerprint density at radius 3 is 2.65 bits per heavy atom. The van der Waals surface area contributed by atoms with Crippen LogP contribution < -0.4 is 14.4 Å². The Labute approximate surface area is 184 Å². The van der Waals surface area contributed by atoms with Crippen LogP contribution in [0.5, 0.6) is 11.5 Å². The molecule has 2 aromatic rings. The van der Waals surface area contributed by atoms with E-state index in [1.165, 1.54) is 0 Å². The molecular formula is C25H30N2O4. The van der Waals surface area contributed by atoms with E-state index in [9.17, 15) is 9.90 Å². The molecule has 31 heavy (non-hydrogen) atoms. The maximum Gasteiger partial charge on any atom is 0.225 e. The molecule has 0 fully saturated rings. The van der Waals surface area contributed by atoms with E-state index in [0.29, 0.717) is 32.6 Å². The molecule has 0 saturated heterocycles. The second-order valence-electron chi connectivity index (χ2n) is 7.43. The minimum Gasteiger partial charge on any atom is -0.497 e. The van der Waals surface area contributed by atoms with Crippen LogP contribution in [0.25, 0.3) is 0 Å². The lowest BCUT2D eigenvalue weighted by Gasteiger charge is -2.34. The van der Waals surface area contributed by atoms with Crippen LogP contribution >= 0.6 is 0 Å². The second kappa shape index (κ2) is 11.3. The number of aliphatic hydroxyl groups excluding tert-OH is 1. The standard InChI is InChI=1S/C25H30N2O4/c1-3-4-8-14-27-17-20-16-23(30-2)11-12-24(20)26(15-13-25(27)29)18-21(28)19-31-22-9-6-5-7-10-22/h5-7,9-12,16,21,28H,3,13-15,17-19H2,1-2H3. The molecule has 1 aliphatic rings. The van der Waals surface area contributed by atoms with Gasteiger partial charge in [-0.15, -0.1) is 5.92 Å². The Morgan fingerprint density at radius 1 is 1.10 bits per heavy atom. The zero-order chi connectivity index (χ0) is 22.1. The Kier molecular flexibility index (Phi) is 8.19. The molecule has 1 aliphatic heterocycles. The normalized spacial score (nSPS) is 14.6. The summed E-state index contributed by atoms with van der Waals surface area (Å²) in [7, 11) is 1.63. The van der Waals surface area contributed by atoms with Crippen LogP contribution in [0.1, 0.15) is 25.3 Å². The van der Waals surface area contributed by atoms with E-state index in [1.807, 2.05) is 55.5 Å². The largest absolute Gasteiger partial charge is 0.497 e. The van der Waals surface area contributed by atoms with Crippen molar-refractivity contribution in [2.45, 2.75) is 32.4 Å². The maximum atomic E-state index is 12.8. The van der Waals surface area contributed by atoms with Gasteiger partial charge in [-0.2, -0.15) is 0 Å². The molecular weight excluding hydrogens is 392 g/mol. The van der Waals surface area contributed by atoms with Crippen LogP contribution in [0.2, 0.25) is 0 Å². The van der Waals surface area contributed by atoms with E-state index in [4.69, 9.17) is 9.47 Å². The first-order valence-corrected chi connectivity index (χ1v) is 10.6. The summed E-state index contributed by atoms with van der Waals surface area (Å²) in [6, 6.07) is 15.3. The summed E-state index contributed by atoms with van der Waals surface area (Å²) in [5, 5.41) is 10.6. The maximum absolute atomic E-state index is 12.8. The van der Waals surface area contributed by atoms with E-state index in [2.05, 4.69) is 16.7 Å². The van der Waals surface area contributed by atoms with Crippen molar-refractivity contribution in [1.82, 2.24) is 4.90 Å². The van der Waals surface area contributed by atoms with Crippen LogP contribution in [0.4, 0.5) is 5.69 Å². The van der Waals surface area contributed by atoms with Gasteiger partial charge >= 0.3 is 0 Å². The van der Waals surface area contributed by atoms with E-state index >= 15 is 0 Å². The van der Waals surface area contributed by atoms with E-state index in [0.717, 1.165) is 29.2 Å². The summed E-state index contributed by atoms with van der Waals surface area (Å²) < 4.78 is 11.1. The zero-order valence-electron chi connectivity index (χ0n) is 18.2. The number of hydrogen-bond acceptors (Lipinski definition) is 5. The molecule has 6 nitrogen and oxygen atoms in total. The summed E-state index contributed by atoms with van der Waals surface area (Å²) >= 11 is 0. The molecule has 1 heterocycles. The molecule has 1 unspecified atom stereocenters. The number of benzene rings is 2. The summed E-state index contributed by atoms with van der Waals surface area (Å²) in [6.45, 7) is 3.92. The lowest BCUT2D eigenvalue weighted by molar-refractivity contribution is -0.131. The van der Waals surface area contributed by atoms with Crippen molar-refractivity contribution in [3.63, 3.8) is 0 Å². The Balaban J connectivity index is 1.76. The zero-order valence-corrected chi connectivity index (χ0v) is 18.2. The Bertz CT molecular complexity index is 920. The van der Waals surface area contributed by atoms with Gasteiger partial charge in [0, 0.05) is 38.2 Å². The van der Waals surface area contributed by atoms with E-state index in [1.54, 1.807) is 12.0 Å². The van der Waals surface area contributed by atoms with Gasteiger partial charge < -0.3 is 24.4 Å². The Hall–Kier alpha value is -3.17. The number of carbonyl (C=O) groups is 1. The first-order valence-electron chi connectivity index (χ1n) is 10.6. The average molecular weight is 423 g/mol. The summed E-state index contributed by atoms with van der Waals surface area (Å²) in [4.78, 5) is 16.6. The lowest BCUT2D eigenvalue weighted by atomic mass is 10.1. The number of fused-ring (bicyclic) bond motifs is 1. The molecule has 0 aromatic heterocycles. The van der Waals surface area contributed by atoms with Crippen molar-refractivity contribution in [3.05, 3.63) is 54.1 Å². The second-order valence-corrected chi connectivity index (χ2v) is 7.43. The van der Waals surface area contributed by atoms with Crippen molar-refractivity contribution in [2.24, 2.45) is 0 Å². The predicted molar refractivity (Wildman–Crippen MR) is 121 cm³/mol. The van der Waals surface area contributed by atoms with Crippen molar-refractivity contribution in [3.8, 4) is 23.3 Å². The average Bonchev–Trinajstić information content (AvgIpc) is 2.79. The first kappa shape index (κ1) is 22.5. The SMILES string of the molecule is CCC#CCN1Cc2cc(OC)ccc2N(CC(O)COc2ccccc2)CCC1=O. The molecule has 2 aromatic carbocycles. The lowest BCUT2D eigenvalue weighted by Crippen LogP contribution is -2.42. The molecule has 0 radical (unpaired) electrons. The predicted octanol–water partition coefficient (Wildman–Crippen LogP) is 3.09. The Morgan fingerprint density at radius 2 is 1.90 bits per heavy atom. The topological polar surface area (TPSA) is 62.2 Å². The van der Waals surface area contributed by atoms with Crippen molar-refractivity contribution >= 4 is 11.6 Å². The third-order valence-corrected chi connectivity index (χ3v) is 5.13. The van der Waals surface area contributed by atoms with Crippen LogP contribution in [0, 0.1) is 11.8 Å². The number of rotatable bonds is 7. The molecule has 6 heteroatoms. The van der Waals surface area contributed by atoms with Gasteiger partial charge in [0.2, 0.25) is 5.91 Å². The minimum absolute atomic E-state index is 0.0545. The van der Waals surface area contributed by atoms with Gasteiger partial charge in [0.05, 0.1) is 13.7 Å². The van der Waals surface area contributed by atoms with Gasteiger partial charge in [0.1, 0.15) is 24.2 Å². The molecule has 0 bridgehead atoms. The molecule has 1 N–H and O–H groups in total.